The molecule has 27 heavy (non-hydrogen) atoms. The number of aryl methyl sites for hydroxylation is 2. The van der Waals surface area contributed by atoms with E-state index in [-0.39, 0.29) is 0 Å². The summed E-state index contributed by atoms with van der Waals surface area (Å²) in [4.78, 5) is 4.70. The zero-order valence-electron chi connectivity index (χ0n) is 16.8. The SMILES string of the molecule is CCNC(=NCc1c(CC)noc1CC)NCCCCOc1ccccc1. The van der Waals surface area contributed by atoms with E-state index in [0.29, 0.717) is 6.54 Å². The molecule has 0 saturated carbocycles. The maximum Gasteiger partial charge on any atom is 0.191 e. The highest BCUT2D eigenvalue weighted by atomic mass is 16.5. The Morgan fingerprint density at radius 2 is 1.89 bits per heavy atom. The van der Waals surface area contributed by atoms with Gasteiger partial charge in [-0.3, -0.25) is 0 Å². The van der Waals surface area contributed by atoms with Crippen molar-refractivity contribution in [2.24, 2.45) is 4.99 Å². The molecule has 1 aromatic heterocycles. The molecule has 1 aromatic carbocycles. The van der Waals surface area contributed by atoms with Crippen LogP contribution in [0.3, 0.4) is 0 Å². The van der Waals surface area contributed by atoms with Crippen LogP contribution in [-0.2, 0) is 19.4 Å². The fourth-order valence-electron chi connectivity index (χ4n) is 2.76. The first-order chi connectivity index (χ1) is 13.3. The average molecular weight is 373 g/mol. The van der Waals surface area contributed by atoms with Crippen LogP contribution in [0.25, 0.3) is 0 Å². The van der Waals surface area contributed by atoms with Gasteiger partial charge in [-0.15, -0.1) is 0 Å². The van der Waals surface area contributed by atoms with E-state index in [0.717, 1.165) is 74.1 Å². The number of guanidine groups is 1. The lowest BCUT2D eigenvalue weighted by atomic mass is 10.1. The molecule has 0 atom stereocenters. The molecule has 6 heteroatoms. The van der Waals surface area contributed by atoms with Gasteiger partial charge < -0.3 is 19.9 Å². The molecular formula is C21H32N4O2. The Morgan fingerprint density at radius 1 is 1.07 bits per heavy atom. The van der Waals surface area contributed by atoms with Crippen molar-refractivity contribution >= 4 is 5.96 Å². The summed E-state index contributed by atoms with van der Waals surface area (Å²) in [5, 5.41) is 10.8. The standard InChI is InChI=1S/C21H32N4O2/c1-4-19-18(20(5-2)27-25-19)16-24-21(22-6-3)23-14-10-11-15-26-17-12-8-7-9-13-17/h7-9,12-13H,4-6,10-11,14-16H2,1-3H3,(H2,22,23,24). The molecule has 2 N–H and O–H groups in total. The molecule has 148 valence electrons. The zero-order chi connectivity index (χ0) is 19.3. The van der Waals surface area contributed by atoms with Crippen LogP contribution in [0, 0.1) is 0 Å². The summed E-state index contributed by atoms with van der Waals surface area (Å²) in [5.74, 6) is 2.68. The van der Waals surface area contributed by atoms with E-state index < -0.39 is 0 Å². The smallest absolute Gasteiger partial charge is 0.191 e. The number of nitrogens with one attached hydrogen (secondary N) is 2. The Labute approximate surface area is 162 Å². The van der Waals surface area contributed by atoms with Gasteiger partial charge in [0.1, 0.15) is 11.5 Å². The van der Waals surface area contributed by atoms with Gasteiger partial charge >= 0.3 is 0 Å². The normalized spacial score (nSPS) is 11.4. The predicted molar refractivity (Wildman–Crippen MR) is 109 cm³/mol. The molecule has 2 rings (SSSR count). The minimum absolute atomic E-state index is 0.586. The van der Waals surface area contributed by atoms with Crippen LogP contribution in [0.5, 0.6) is 5.75 Å². The van der Waals surface area contributed by atoms with E-state index in [9.17, 15) is 0 Å². The topological polar surface area (TPSA) is 71.7 Å². The lowest BCUT2D eigenvalue weighted by Crippen LogP contribution is -2.37. The van der Waals surface area contributed by atoms with Crippen LogP contribution >= 0.6 is 0 Å². The number of rotatable bonds is 11. The van der Waals surface area contributed by atoms with Crippen LogP contribution in [0.15, 0.2) is 39.8 Å². The van der Waals surface area contributed by atoms with Gasteiger partial charge in [-0.05, 0) is 38.3 Å². The average Bonchev–Trinajstić information content (AvgIpc) is 3.11. The monoisotopic (exact) mass is 372 g/mol. The highest BCUT2D eigenvalue weighted by Gasteiger charge is 2.12. The highest BCUT2D eigenvalue weighted by Crippen LogP contribution is 2.16. The number of ether oxygens (including phenoxy) is 1. The predicted octanol–water partition coefficient (Wildman–Crippen LogP) is 3.71. The van der Waals surface area contributed by atoms with Gasteiger partial charge in [0.2, 0.25) is 0 Å². The molecule has 6 nitrogen and oxygen atoms in total. The largest absolute Gasteiger partial charge is 0.494 e. The quantitative estimate of drug-likeness (QED) is 0.357. The fourth-order valence-corrected chi connectivity index (χ4v) is 2.76. The lowest BCUT2D eigenvalue weighted by Gasteiger charge is -2.11. The van der Waals surface area contributed by atoms with E-state index in [1.165, 1.54) is 0 Å². The van der Waals surface area contributed by atoms with Gasteiger partial charge in [0.05, 0.1) is 18.8 Å². The molecule has 0 saturated heterocycles. The third kappa shape index (κ3) is 6.96. The summed E-state index contributed by atoms with van der Waals surface area (Å²) in [6, 6.07) is 9.92. The minimum Gasteiger partial charge on any atom is -0.494 e. The molecular weight excluding hydrogens is 340 g/mol. The Bertz CT molecular complexity index is 661. The second-order valence-corrected chi connectivity index (χ2v) is 6.23. The lowest BCUT2D eigenvalue weighted by molar-refractivity contribution is 0.307. The molecule has 0 spiro atoms. The molecule has 0 radical (unpaired) electrons. The third-order valence-electron chi connectivity index (χ3n) is 4.22. The molecule has 1 heterocycles. The molecule has 0 aliphatic carbocycles. The van der Waals surface area contributed by atoms with Gasteiger partial charge in [0.15, 0.2) is 5.96 Å². The molecule has 0 aliphatic rings. The summed E-state index contributed by atoms with van der Waals surface area (Å²) in [5.41, 5.74) is 2.12. The summed E-state index contributed by atoms with van der Waals surface area (Å²) < 4.78 is 11.1. The summed E-state index contributed by atoms with van der Waals surface area (Å²) in [7, 11) is 0. The number of hydrogen-bond acceptors (Lipinski definition) is 4. The van der Waals surface area contributed by atoms with Crippen molar-refractivity contribution in [1.29, 1.82) is 0 Å². The molecule has 0 amide bonds. The van der Waals surface area contributed by atoms with Crippen LogP contribution in [0.2, 0.25) is 0 Å². The minimum atomic E-state index is 0.586. The first-order valence-corrected chi connectivity index (χ1v) is 9.94. The Hall–Kier alpha value is -2.50. The van der Waals surface area contributed by atoms with Crippen molar-refractivity contribution in [2.75, 3.05) is 19.7 Å². The van der Waals surface area contributed by atoms with Crippen LogP contribution < -0.4 is 15.4 Å². The maximum absolute atomic E-state index is 5.72. The van der Waals surface area contributed by atoms with Gasteiger partial charge in [0, 0.05) is 25.1 Å². The highest BCUT2D eigenvalue weighted by molar-refractivity contribution is 5.79. The van der Waals surface area contributed by atoms with Crippen molar-refractivity contribution in [1.82, 2.24) is 15.8 Å². The van der Waals surface area contributed by atoms with Gasteiger partial charge in [-0.2, -0.15) is 0 Å². The summed E-state index contributed by atoms with van der Waals surface area (Å²) in [6.45, 7) is 9.23. The number of aliphatic imine (C=N–C) groups is 1. The molecule has 0 aliphatic heterocycles. The molecule has 0 fully saturated rings. The molecule has 0 bridgehead atoms. The van der Waals surface area contributed by atoms with Crippen molar-refractivity contribution in [3.63, 3.8) is 0 Å². The summed E-state index contributed by atoms with van der Waals surface area (Å²) >= 11 is 0. The second-order valence-electron chi connectivity index (χ2n) is 6.23. The van der Waals surface area contributed by atoms with E-state index in [1.807, 2.05) is 30.3 Å². The Kier molecular flexibility index (Phi) is 9.24. The third-order valence-corrected chi connectivity index (χ3v) is 4.22. The first-order valence-electron chi connectivity index (χ1n) is 9.94. The van der Waals surface area contributed by atoms with Crippen molar-refractivity contribution in [2.45, 2.75) is 53.0 Å². The van der Waals surface area contributed by atoms with Gasteiger partial charge in [-0.25, -0.2) is 4.99 Å². The number of benzene rings is 1. The number of unbranched alkanes of at least 4 members (excludes halogenated alkanes) is 1. The van der Waals surface area contributed by atoms with E-state index in [4.69, 9.17) is 14.3 Å². The summed E-state index contributed by atoms with van der Waals surface area (Å²) in [6.07, 6.45) is 3.71. The van der Waals surface area contributed by atoms with Gasteiger partial charge in [0.25, 0.3) is 0 Å². The van der Waals surface area contributed by atoms with E-state index >= 15 is 0 Å². The van der Waals surface area contributed by atoms with Crippen molar-refractivity contribution < 1.29 is 9.26 Å². The van der Waals surface area contributed by atoms with Crippen LogP contribution in [0.4, 0.5) is 0 Å². The number of nitrogens with zero attached hydrogens (tertiary/aromatic N) is 2. The number of hydrogen-bond donors (Lipinski definition) is 2. The fraction of sp³-hybridized carbons (Fsp3) is 0.524. The van der Waals surface area contributed by atoms with Crippen LogP contribution in [0.1, 0.15) is 50.6 Å². The number of para-hydroxylation sites is 1. The van der Waals surface area contributed by atoms with E-state index in [2.05, 4.69) is 36.6 Å². The van der Waals surface area contributed by atoms with Crippen molar-refractivity contribution in [3.8, 4) is 5.75 Å². The van der Waals surface area contributed by atoms with Gasteiger partial charge in [-0.1, -0.05) is 37.2 Å². The Balaban J connectivity index is 1.76. The first kappa shape index (κ1) is 20.8. The molecule has 0 unspecified atom stereocenters. The zero-order valence-corrected chi connectivity index (χ0v) is 16.8. The number of aromatic nitrogens is 1. The van der Waals surface area contributed by atoms with Crippen molar-refractivity contribution in [3.05, 3.63) is 47.3 Å². The van der Waals surface area contributed by atoms with E-state index in [1.54, 1.807) is 0 Å². The Morgan fingerprint density at radius 3 is 2.59 bits per heavy atom. The molecule has 2 aromatic rings. The second kappa shape index (κ2) is 12.0. The maximum atomic E-state index is 5.72. The van der Waals surface area contributed by atoms with Crippen LogP contribution in [-0.4, -0.2) is 30.8 Å².